The molecule has 2 aromatic heterocycles. The molecule has 2 N–H and O–H groups in total. The topological polar surface area (TPSA) is 80.5 Å². The van der Waals surface area contributed by atoms with Crippen molar-refractivity contribution in [3.05, 3.63) is 41.6 Å². The summed E-state index contributed by atoms with van der Waals surface area (Å²) in [5.74, 6) is 0.770. The highest BCUT2D eigenvalue weighted by atomic mass is 35.5. The van der Waals surface area contributed by atoms with Gasteiger partial charge in [0.05, 0.1) is 5.69 Å². The third kappa shape index (κ3) is 5.66. The molecule has 0 saturated heterocycles. The molecule has 3 rings (SSSR count). The number of nitrogens with zero attached hydrogens (tertiary/aromatic N) is 3. The van der Waals surface area contributed by atoms with Crippen LogP contribution in [-0.2, 0) is 4.74 Å². The van der Waals surface area contributed by atoms with Crippen molar-refractivity contribution in [1.82, 2.24) is 19.9 Å². The Bertz CT molecular complexity index is 1030. The van der Waals surface area contributed by atoms with E-state index in [0.717, 1.165) is 29.9 Å². The van der Waals surface area contributed by atoms with Crippen molar-refractivity contribution in [3.8, 4) is 11.3 Å². The molecule has 0 saturated carbocycles. The average Bonchev–Trinajstić information content (AvgIpc) is 3.04. The van der Waals surface area contributed by atoms with Crippen LogP contribution in [0.1, 0.15) is 33.6 Å². The molecular weight excluding hydrogens is 401 g/mol. The minimum absolute atomic E-state index is 0.400. The number of hydrogen-bond acceptors (Lipinski definition) is 5. The Balaban J connectivity index is 1.62. The first-order valence-electron chi connectivity index (χ1n) is 9.84. The van der Waals surface area contributed by atoms with Gasteiger partial charge in [-0.1, -0.05) is 29.8 Å². The van der Waals surface area contributed by atoms with Crippen LogP contribution in [0.2, 0.25) is 5.02 Å². The zero-order valence-corrected chi connectivity index (χ0v) is 18.2. The number of rotatable bonds is 7. The quantitative estimate of drug-likeness (QED) is 0.447. The summed E-state index contributed by atoms with van der Waals surface area (Å²) in [5.41, 5.74) is 2.11. The molecule has 7 nitrogen and oxygen atoms in total. The van der Waals surface area contributed by atoms with Gasteiger partial charge in [-0.3, -0.25) is 0 Å². The number of anilines is 1. The van der Waals surface area contributed by atoms with E-state index in [9.17, 15) is 4.79 Å². The molecule has 30 heavy (non-hydrogen) atoms. The Morgan fingerprint density at radius 3 is 2.70 bits per heavy atom. The first-order valence-corrected chi connectivity index (χ1v) is 10.2. The number of halogens is 1. The van der Waals surface area contributed by atoms with Gasteiger partial charge in [-0.25, -0.2) is 9.78 Å². The fourth-order valence-electron chi connectivity index (χ4n) is 2.88. The van der Waals surface area contributed by atoms with Crippen LogP contribution < -0.4 is 16.1 Å². The molecule has 0 atom stereocenters. The summed E-state index contributed by atoms with van der Waals surface area (Å²) in [4.78, 5) is 16.3. The van der Waals surface area contributed by atoms with Crippen molar-refractivity contribution in [2.75, 3.05) is 18.4 Å². The maximum Gasteiger partial charge on any atom is 0.407 e. The van der Waals surface area contributed by atoms with Gasteiger partial charge in [-0.05, 0) is 45.1 Å². The predicted molar refractivity (Wildman–Crippen MR) is 121 cm³/mol. The van der Waals surface area contributed by atoms with Gasteiger partial charge in [-0.2, -0.15) is 9.61 Å². The number of unbranched alkanes of at least 4 members (excludes halogenated alkanes) is 1. The molecule has 0 aliphatic rings. The minimum Gasteiger partial charge on any atom is -0.444 e. The van der Waals surface area contributed by atoms with Gasteiger partial charge in [0.25, 0.3) is 0 Å². The summed E-state index contributed by atoms with van der Waals surface area (Å²) >= 11 is 6.34. The van der Waals surface area contributed by atoms with Crippen molar-refractivity contribution in [2.45, 2.75) is 39.2 Å². The van der Waals surface area contributed by atoms with E-state index in [2.05, 4.69) is 20.7 Å². The molecule has 2 heterocycles. The third-order valence-corrected chi connectivity index (χ3v) is 4.56. The van der Waals surface area contributed by atoms with E-state index in [1.54, 1.807) is 10.7 Å². The Kier molecular flexibility index (Phi) is 6.87. The molecule has 156 valence electrons. The number of aromatic nitrogens is 3. The zero-order valence-electron chi connectivity index (χ0n) is 17.4. The lowest BCUT2D eigenvalue weighted by molar-refractivity contribution is 0.0527. The Labute approximate surface area is 182 Å². The maximum absolute atomic E-state index is 11.7. The van der Waals surface area contributed by atoms with Crippen molar-refractivity contribution in [2.24, 2.45) is 0 Å². The number of ether oxygens (including phenoxy) is 1. The fourth-order valence-corrected chi connectivity index (χ4v) is 3.12. The first kappa shape index (κ1) is 22.0. The van der Waals surface area contributed by atoms with Crippen LogP contribution in [0, 0.1) is 0 Å². The Morgan fingerprint density at radius 1 is 1.23 bits per heavy atom. The van der Waals surface area contributed by atoms with Crippen molar-refractivity contribution in [1.29, 1.82) is 0 Å². The summed E-state index contributed by atoms with van der Waals surface area (Å²) in [5, 5.41) is 11.1. The molecule has 1 amide bonds. The Morgan fingerprint density at radius 2 is 1.97 bits per heavy atom. The van der Waals surface area contributed by atoms with Crippen molar-refractivity contribution >= 4 is 42.5 Å². The summed E-state index contributed by atoms with van der Waals surface area (Å²) in [6.45, 7) is 6.75. The standard InChI is InChI=1S/C21H25BClN5O2/c1-21(2,3)30-20(29)25-11-7-6-10-24-18-12-17(14-8-4-5-9-16(14)23)27-19-15(22)13-26-28(18)19/h4-5,8-9,12-13,24H,6-7,10-11H2,1-3H3,(H,25,29). The van der Waals surface area contributed by atoms with Crippen LogP contribution in [0.5, 0.6) is 0 Å². The number of carbonyl (C=O) groups excluding carboxylic acids is 1. The van der Waals surface area contributed by atoms with Crippen LogP contribution in [0.4, 0.5) is 10.6 Å². The van der Waals surface area contributed by atoms with Crippen molar-refractivity contribution < 1.29 is 9.53 Å². The number of benzene rings is 1. The number of alkyl carbamates (subject to hydrolysis) is 1. The lowest BCUT2D eigenvalue weighted by atomic mass is 10.0. The summed E-state index contributed by atoms with van der Waals surface area (Å²) in [7, 11) is 6.04. The maximum atomic E-state index is 11.7. The van der Waals surface area contributed by atoms with Crippen LogP contribution in [-0.4, -0.2) is 47.2 Å². The predicted octanol–water partition coefficient (Wildman–Crippen LogP) is 3.56. The van der Waals surface area contributed by atoms with Crippen LogP contribution in [0.15, 0.2) is 36.5 Å². The second-order valence-corrected chi connectivity index (χ2v) is 8.31. The average molecular weight is 426 g/mol. The van der Waals surface area contributed by atoms with Gasteiger partial charge in [0.1, 0.15) is 19.3 Å². The molecule has 0 aliphatic heterocycles. The summed E-state index contributed by atoms with van der Waals surface area (Å²) in [6.07, 6.45) is 2.83. The highest BCUT2D eigenvalue weighted by Gasteiger charge is 2.15. The second-order valence-electron chi connectivity index (χ2n) is 7.90. The number of amides is 1. The summed E-state index contributed by atoms with van der Waals surface area (Å²) in [6, 6.07) is 9.44. The molecule has 0 aliphatic carbocycles. The van der Waals surface area contributed by atoms with Gasteiger partial charge in [-0.15, -0.1) is 0 Å². The molecule has 9 heteroatoms. The minimum atomic E-state index is -0.497. The highest BCUT2D eigenvalue weighted by Crippen LogP contribution is 2.28. The van der Waals surface area contributed by atoms with E-state index in [-0.39, 0.29) is 0 Å². The lowest BCUT2D eigenvalue weighted by Crippen LogP contribution is -2.33. The number of fused-ring (bicyclic) bond motifs is 1. The molecule has 0 fully saturated rings. The largest absolute Gasteiger partial charge is 0.444 e. The molecule has 2 radical (unpaired) electrons. The molecule has 0 bridgehead atoms. The third-order valence-electron chi connectivity index (χ3n) is 4.23. The van der Waals surface area contributed by atoms with E-state index in [0.29, 0.717) is 29.2 Å². The molecule has 3 aromatic rings. The summed E-state index contributed by atoms with van der Waals surface area (Å²) < 4.78 is 6.90. The molecule has 0 unspecified atom stereocenters. The van der Waals surface area contributed by atoms with Crippen molar-refractivity contribution in [3.63, 3.8) is 0 Å². The van der Waals surface area contributed by atoms with Gasteiger partial charge in [0.2, 0.25) is 0 Å². The van der Waals surface area contributed by atoms with E-state index in [1.165, 1.54) is 0 Å². The molecule has 0 spiro atoms. The van der Waals surface area contributed by atoms with E-state index in [1.807, 2.05) is 51.1 Å². The number of hydrogen-bond donors (Lipinski definition) is 2. The van der Waals surface area contributed by atoms with Gasteiger partial charge >= 0.3 is 6.09 Å². The molecular formula is C21H25BClN5O2. The van der Waals surface area contributed by atoms with E-state index >= 15 is 0 Å². The number of nitrogens with one attached hydrogen (secondary N) is 2. The van der Waals surface area contributed by atoms with E-state index < -0.39 is 11.7 Å². The lowest BCUT2D eigenvalue weighted by Gasteiger charge is -2.19. The smallest absolute Gasteiger partial charge is 0.407 e. The van der Waals surface area contributed by atoms with Crippen LogP contribution in [0.3, 0.4) is 0 Å². The van der Waals surface area contributed by atoms with Crippen LogP contribution >= 0.6 is 11.6 Å². The van der Waals surface area contributed by atoms with E-state index in [4.69, 9.17) is 24.2 Å². The highest BCUT2D eigenvalue weighted by molar-refractivity contribution is 6.36. The fraction of sp³-hybridized carbons (Fsp3) is 0.381. The van der Waals surface area contributed by atoms with Gasteiger partial charge < -0.3 is 15.4 Å². The normalized spacial score (nSPS) is 11.5. The molecule has 1 aromatic carbocycles. The van der Waals surface area contributed by atoms with Gasteiger partial charge in [0, 0.05) is 35.9 Å². The van der Waals surface area contributed by atoms with Crippen LogP contribution in [0.25, 0.3) is 16.9 Å². The first-order chi connectivity index (χ1) is 14.2. The monoisotopic (exact) mass is 425 g/mol. The zero-order chi connectivity index (χ0) is 21.7. The second kappa shape index (κ2) is 9.39. The van der Waals surface area contributed by atoms with Gasteiger partial charge in [0.15, 0.2) is 5.65 Å². The number of carbonyl (C=O) groups is 1. The SMILES string of the molecule is [B]c1cnn2c(NCCCCNC(=O)OC(C)(C)C)cc(-c3ccccc3Cl)nc12. The Hall–Kier alpha value is -2.74.